The molecule has 31 heavy (non-hydrogen) atoms. The van der Waals surface area contributed by atoms with Gasteiger partial charge >= 0.3 is 0 Å². The van der Waals surface area contributed by atoms with E-state index in [1.54, 1.807) is 12.4 Å². The number of ether oxygens (including phenoxy) is 2. The van der Waals surface area contributed by atoms with Gasteiger partial charge in [0.2, 0.25) is 5.95 Å². The molecule has 3 aromatic rings. The number of aliphatic hydroxyl groups is 1. The van der Waals surface area contributed by atoms with E-state index in [-0.39, 0.29) is 18.7 Å². The fourth-order valence-electron chi connectivity index (χ4n) is 3.70. The molecular weight excluding hydrogens is 394 g/mol. The van der Waals surface area contributed by atoms with E-state index in [9.17, 15) is 5.11 Å². The number of hydrogen-bond donors (Lipinski definition) is 2. The van der Waals surface area contributed by atoms with Gasteiger partial charge in [0, 0.05) is 43.2 Å². The lowest BCUT2D eigenvalue weighted by Gasteiger charge is -2.33. The second-order valence-corrected chi connectivity index (χ2v) is 7.41. The van der Waals surface area contributed by atoms with Gasteiger partial charge in [-0.1, -0.05) is 12.1 Å². The monoisotopic (exact) mass is 421 g/mol. The molecule has 1 aliphatic rings. The summed E-state index contributed by atoms with van der Waals surface area (Å²) in [5.41, 5.74) is 10.0. The summed E-state index contributed by atoms with van der Waals surface area (Å²) in [6.07, 6.45) is 3.23. The van der Waals surface area contributed by atoms with Gasteiger partial charge in [-0.2, -0.15) is 0 Å². The first-order valence-corrected chi connectivity index (χ1v) is 10.4. The number of benzene rings is 1. The van der Waals surface area contributed by atoms with Gasteiger partial charge in [-0.05, 0) is 36.8 Å². The minimum absolute atomic E-state index is 0.0412. The van der Waals surface area contributed by atoms with Crippen LogP contribution in [0.15, 0.2) is 48.8 Å². The summed E-state index contributed by atoms with van der Waals surface area (Å²) < 4.78 is 11.6. The number of morpholine rings is 1. The number of rotatable bonds is 7. The molecule has 3 heterocycles. The normalized spacial score (nSPS) is 16.9. The molecule has 0 bridgehead atoms. The average Bonchev–Trinajstić information content (AvgIpc) is 2.81. The Labute approximate surface area is 181 Å². The first kappa shape index (κ1) is 21.2. The molecule has 1 aliphatic heterocycles. The first-order valence-electron chi connectivity index (χ1n) is 10.4. The molecule has 8 heteroatoms. The van der Waals surface area contributed by atoms with Crippen LogP contribution in [0, 0.1) is 0 Å². The molecule has 0 spiro atoms. The van der Waals surface area contributed by atoms with Crippen LogP contribution in [-0.4, -0.2) is 51.3 Å². The zero-order chi connectivity index (χ0) is 21.6. The van der Waals surface area contributed by atoms with Crippen LogP contribution in [-0.2, 0) is 17.9 Å². The molecule has 1 saturated heterocycles. The molecule has 1 atom stereocenters. The molecule has 2 aromatic heterocycles. The van der Waals surface area contributed by atoms with E-state index in [4.69, 9.17) is 20.2 Å². The van der Waals surface area contributed by atoms with Gasteiger partial charge in [-0.25, -0.2) is 15.0 Å². The second kappa shape index (κ2) is 9.82. The molecule has 0 amide bonds. The van der Waals surface area contributed by atoms with Crippen LogP contribution in [0.4, 0.5) is 5.95 Å². The fourth-order valence-corrected chi connectivity index (χ4v) is 3.70. The topological polar surface area (TPSA) is 107 Å². The van der Waals surface area contributed by atoms with E-state index < -0.39 is 0 Å². The van der Waals surface area contributed by atoms with Crippen molar-refractivity contribution in [1.29, 1.82) is 0 Å². The third kappa shape index (κ3) is 5.16. The minimum Gasteiger partial charge on any atom is -0.494 e. The molecule has 0 unspecified atom stereocenters. The van der Waals surface area contributed by atoms with Crippen molar-refractivity contribution in [2.24, 2.45) is 0 Å². The summed E-state index contributed by atoms with van der Waals surface area (Å²) in [6.45, 7) is 5.44. The molecule has 0 radical (unpaired) electrons. The predicted octanol–water partition coefficient (Wildman–Crippen LogP) is 2.59. The highest BCUT2D eigenvalue weighted by atomic mass is 16.5. The van der Waals surface area contributed by atoms with Crippen molar-refractivity contribution in [3.8, 4) is 17.0 Å². The van der Waals surface area contributed by atoms with Gasteiger partial charge < -0.3 is 20.3 Å². The van der Waals surface area contributed by atoms with Crippen LogP contribution in [0.5, 0.6) is 5.75 Å². The molecule has 1 fully saturated rings. The first-order chi connectivity index (χ1) is 15.2. The fraction of sp³-hybridized carbons (Fsp3) is 0.348. The van der Waals surface area contributed by atoms with Gasteiger partial charge in [0.15, 0.2) is 0 Å². The van der Waals surface area contributed by atoms with Crippen LogP contribution < -0.4 is 10.5 Å². The Morgan fingerprint density at radius 1 is 1.23 bits per heavy atom. The van der Waals surface area contributed by atoms with E-state index in [1.807, 2.05) is 37.3 Å². The van der Waals surface area contributed by atoms with E-state index in [0.29, 0.717) is 13.2 Å². The molecule has 0 aliphatic carbocycles. The standard InChI is InChI=1S/C23H27N5O3/c1-2-30-21-7-6-16(10-17(21)15-29)13-28-8-9-31-22(14-28)20-5-3-4-19(27-20)18-11-25-23(24)26-12-18/h3-7,10-12,22,29H,2,8-9,13-15H2,1H3,(H2,24,25,26)/t22-/m0/s1. The molecular formula is C23H27N5O3. The van der Waals surface area contributed by atoms with Crippen molar-refractivity contribution in [1.82, 2.24) is 19.9 Å². The minimum atomic E-state index is -0.122. The van der Waals surface area contributed by atoms with E-state index in [1.165, 1.54) is 0 Å². The number of pyridine rings is 1. The average molecular weight is 422 g/mol. The number of nitrogens with two attached hydrogens (primary N) is 1. The van der Waals surface area contributed by atoms with Gasteiger partial charge in [0.25, 0.3) is 0 Å². The maximum Gasteiger partial charge on any atom is 0.219 e. The van der Waals surface area contributed by atoms with Crippen molar-refractivity contribution >= 4 is 5.95 Å². The van der Waals surface area contributed by atoms with Crippen molar-refractivity contribution < 1.29 is 14.6 Å². The van der Waals surface area contributed by atoms with Gasteiger partial charge in [0.1, 0.15) is 11.9 Å². The molecule has 162 valence electrons. The summed E-state index contributed by atoms with van der Waals surface area (Å²) >= 11 is 0. The summed E-state index contributed by atoms with van der Waals surface area (Å²) in [7, 11) is 0. The SMILES string of the molecule is CCOc1ccc(CN2CCO[C@H](c3cccc(-c4cnc(N)nc4)n3)C2)cc1CO. The lowest BCUT2D eigenvalue weighted by molar-refractivity contribution is -0.0349. The Morgan fingerprint density at radius 3 is 2.84 bits per heavy atom. The largest absolute Gasteiger partial charge is 0.494 e. The van der Waals surface area contributed by atoms with Gasteiger partial charge in [-0.15, -0.1) is 0 Å². The summed E-state index contributed by atoms with van der Waals surface area (Å²) in [6, 6.07) is 11.9. The molecule has 0 saturated carbocycles. The highest BCUT2D eigenvalue weighted by Gasteiger charge is 2.23. The lowest BCUT2D eigenvalue weighted by Crippen LogP contribution is -2.38. The Kier molecular flexibility index (Phi) is 6.71. The van der Waals surface area contributed by atoms with E-state index in [0.717, 1.165) is 53.5 Å². The number of aromatic nitrogens is 3. The van der Waals surface area contributed by atoms with Crippen molar-refractivity contribution in [3.63, 3.8) is 0 Å². The Hall–Kier alpha value is -3.07. The second-order valence-electron chi connectivity index (χ2n) is 7.41. The van der Waals surface area contributed by atoms with Crippen LogP contribution in [0.3, 0.4) is 0 Å². The van der Waals surface area contributed by atoms with Crippen molar-refractivity contribution in [2.45, 2.75) is 26.2 Å². The smallest absolute Gasteiger partial charge is 0.219 e. The lowest BCUT2D eigenvalue weighted by atomic mass is 10.1. The summed E-state index contributed by atoms with van der Waals surface area (Å²) in [5, 5.41) is 9.66. The quantitative estimate of drug-likeness (QED) is 0.600. The van der Waals surface area contributed by atoms with Crippen molar-refractivity contribution in [3.05, 3.63) is 65.6 Å². The van der Waals surface area contributed by atoms with Gasteiger partial charge in [0.05, 0.1) is 31.2 Å². The molecule has 1 aromatic carbocycles. The number of nitrogen functional groups attached to an aromatic ring is 1. The Balaban J connectivity index is 1.46. The van der Waals surface area contributed by atoms with E-state index >= 15 is 0 Å². The molecule has 8 nitrogen and oxygen atoms in total. The highest BCUT2D eigenvalue weighted by Crippen LogP contribution is 2.26. The Morgan fingerprint density at radius 2 is 2.06 bits per heavy atom. The maximum atomic E-state index is 9.66. The number of aliphatic hydroxyl groups excluding tert-OH is 1. The molecule has 4 rings (SSSR count). The predicted molar refractivity (Wildman–Crippen MR) is 117 cm³/mol. The Bertz CT molecular complexity index is 1010. The maximum absolute atomic E-state index is 9.66. The third-order valence-electron chi connectivity index (χ3n) is 5.22. The van der Waals surface area contributed by atoms with Crippen molar-refractivity contribution in [2.75, 3.05) is 32.0 Å². The zero-order valence-electron chi connectivity index (χ0n) is 17.6. The number of anilines is 1. The zero-order valence-corrected chi connectivity index (χ0v) is 17.6. The van der Waals surface area contributed by atoms with E-state index in [2.05, 4.69) is 20.9 Å². The number of nitrogens with zero attached hydrogens (tertiary/aromatic N) is 4. The molecule has 3 N–H and O–H groups in total. The summed E-state index contributed by atoms with van der Waals surface area (Å²) in [4.78, 5) is 15.2. The van der Waals surface area contributed by atoms with Crippen LogP contribution in [0.25, 0.3) is 11.3 Å². The van der Waals surface area contributed by atoms with Crippen LogP contribution in [0.1, 0.15) is 29.8 Å². The third-order valence-corrected chi connectivity index (χ3v) is 5.22. The number of hydrogen-bond acceptors (Lipinski definition) is 8. The summed E-state index contributed by atoms with van der Waals surface area (Å²) in [5.74, 6) is 0.978. The highest BCUT2D eigenvalue weighted by molar-refractivity contribution is 5.57. The van der Waals surface area contributed by atoms with Crippen LogP contribution >= 0.6 is 0 Å². The van der Waals surface area contributed by atoms with Gasteiger partial charge in [-0.3, -0.25) is 4.90 Å². The van der Waals surface area contributed by atoms with Crippen LogP contribution in [0.2, 0.25) is 0 Å².